The molecule has 1 saturated heterocycles. The van der Waals surface area contributed by atoms with Gasteiger partial charge in [0.2, 0.25) is 5.95 Å². The number of nitrogens with zero attached hydrogens (tertiary/aromatic N) is 7. The van der Waals surface area contributed by atoms with Crippen molar-refractivity contribution in [1.29, 1.82) is 0 Å². The first-order valence-corrected chi connectivity index (χ1v) is 12.6. The number of hydrogen-bond acceptors (Lipinski definition) is 6. The standard InChI is InChI=1S/C27H34N8O2/c1-19-15-22(34(5)31-19)23(36)33(4)24-28-16-21(17-29-24)35-18-26(30-25(35)37)11-13-27(14-12-26,32(2)3)20-9-7-6-8-10-20/h6-10,15-17H,11-14,18H2,1-5H3,(H,30,37)/t26-,27+. The van der Waals surface area contributed by atoms with Gasteiger partial charge in [-0.15, -0.1) is 0 Å². The minimum absolute atomic E-state index is 0.0427. The van der Waals surface area contributed by atoms with E-state index in [-0.39, 0.29) is 29.0 Å². The molecule has 3 amide bonds. The van der Waals surface area contributed by atoms with E-state index in [0.717, 1.165) is 31.4 Å². The average Bonchev–Trinajstić information content (AvgIpc) is 3.41. The van der Waals surface area contributed by atoms with Gasteiger partial charge in [0.25, 0.3) is 5.91 Å². The number of rotatable bonds is 5. The zero-order valence-corrected chi connectivity index (χ0v) is 22.1. The lowest BCUT2D eigenvalue weighted by atomic mass is 9.69. The smallest absolute Gasteiger partial charge is 0.322 e. The molecule has 0 bridgehead atoms. The van der Waals surface area contributed by atoms with Crippen LogP contribution in [0.5, 0.6) is 0 Å². The molecule has 0 atom stereocenters. The molecular formula is C27H34N8O2. The van der Waals surface area contributed by atoms with Crippen molar-refractivity contribution in [3.8, 4) is 0 Å². The molecular weight excluding hydrogens is 468 g/mol. The molecule has 1 N–H and O–H groups in total. The van der Waals surface area contributed by atoms with E-state index < -0.39 is 0 Å². The van der Waals surface area contributed by atoms with Crippen LogP contribution in [0, 0.1) is 6.92 Å². The number of anilines is 2. The van der Waals surface area contributed by atoms with Gasteiger partial charge in [-0.05, 0) is 58.3 Å². The van der Waals surface area contributed by atoms with Gasteiger partial charge < -0.3 is 5.32 Å². The Hall–Kier alpha value is -3.79. The molecule has 5 rings (SSSR count). The van der Waals surface area contributed by atoms with Crippen LogP contribution in [0.3, 0.4) is 0 Å². The molecule has 0 radical (unpaired) electrons. The number of nitrogens with one attached hydrogen (secondary N) is 1. The fraction of sp³-hybridized carbons (Fsp3) is 0.444. The molecule has 3 aromatic rings. The molecule has 0 unspecified atom stereocenters. The summed E-state index contributed by atoms with van der Waals surface area (Å²) in [6, 6.07) is 12.2. The van der Waals surface area contributed by atoms with Crippen LogP contribution in [0.4, 0.5) is 16.4 Å². The van der Waals surface area contributed by atoms with Gasteiger partial charge in [-0.1, -0.05) is 30.3 Å². The Kier molecular flexibility index (Phi) is 6.23. The van der Waals surface area contributed by atoms with E-state index in [4.69, 9.17) is 0 Å². The highest BCUT2D eigenvalue weighted by atomic mass is 16.2. The maximum Gasteiger partial charge on any atom is 0.322 e. The van der Waals surface area contributed by atoms with Crippen LogP contribution in [0.15, 0.2) is 48.8 Å². The van der Waals surface area contributed by atoms with Gasteiger partial charge in [-0.25, -0.2) is 14.8 Å². The van der Waals surface area contributed by atoms with Crippen LogP contribution in [-0.2, 0) is 12.6 Å². The second kappa shape index (κ2) is 9.26. The van der Waals surface area contributed by atoms with E-state index in [1.165, 1.54) is 10.5 Å². The first-order valence-electron chi connectivity index (χ1n) is 12.6. The molecule has 37 heavy (non-hydrogen) atoms. The summed E-state index contributed by atoms with van der Waals surface area (Å²) >= 11 is 0. The van der Waals surface area contributed by atoms with Gasteiger partial charge in [0.1, 0.15) is 5.69 Å². The van der Waals surface area contributed by atoms with Crippen LogP contribution in [0.2, 0.25) is 0 Å². The van der Waals surface area contributed by atoms with Crippen LogP contribution < -0.4 is 15.1 Å². The molecule has 2 aromatic heterocycles. The summed E-state index contributed by atoms with van der Waals surface area (Å²) in [6.45, 7) is 2.40. The maximum atomic E-state index is 13.0. The minimum Gasteiger partial charge on any atom is -0.330 e. The summed E-state index contributed by atoms with van der Waals surface area (Å²) < 4.78 is 1.55. The number of aromatic nitrogens is 4. The van der Waals surface area contributed by atoms with Gasteiger partial charge in [-0.3, -0.25) is 24.2 Å². The molecule has 10 heteroatoms. The highest BCUT2D eigenvalue weighted by Crippen LogP contribution is 2.46. The molecule has 2 aliphatic rings. The van der Waals surface area contributed by atoms with Crippen molar-refractivity contribution in [2.24, 2.45) is 7.05 Å². The van der Waals surface area contributed by atoms with E-state index in [2.05, 4.69) is 63.6 Å². The first kappa shape index (κ1) is 24.9. The number of urea groups is 1. The quantitative estimate of drug-likeness (QED) is 0.576. The van der Waals surface area contributed by atoms with Crippen molar-refractivity contribution >= 4 is 23.6 Å². The molecule has 1 aliphatic carbocycles. The Balaban J connectivity index is 1.29. The van der Waals surface area contributed by atoms with Crippen LogP contribution in [0.25, 0.3) is 0 Å². The van der Waals surface area contributed by atoms with E-state index in [0.29, 0.717) is 17.9 Å². The Bertz CT molecular complexity index is 1290. The van der Waals surface area contributed by atoms with Gasteiger partial charge in [0, 0.05) is 19.6 Å². The second-order valence-corrected chi connectivity index (χ2v) is 10.5. The first-order chi connectivity index (χ1) is 17.6. The topological polar surface area (TPSA) is 99.5 Å². The van der Waals surface area contributed by atoms with Crippen LogP contribution in [-0.4, -0.2) is 69.8 Å². The number of carbonyl (C=O) groups excluding carboxylic acids is 2. The Labute approximate surface area is 217 Å². The molecule has 194 valence electrons. The van der Waals surface area contributed by atoms with Crippen molar-refractivity contribution < 1.29 is 9.59 Å². The van der Waals surface area contributed by atoms with Gasteiger partial charge in [-0.2, -0.15) is 5.10 Å². The van der Waals surface area contributed by atoms with Crippen molar-refractivity contribution in [3.63, 3.8) is 0 Å². The Morgan fingerprint density at radius 1 is 1.03 bits per heavy atom. The zero-order chi connectivity index (χ0) is 26.4. The molecule has 1 aromatic carbocycles. The van der Waals surface area contributed by atoms with Gasteiger partial charge >= 0.3 is 6.03 Å². The summed E-state index contributed by atoms with van der Waals surface area (Å²) in [5.41, 5.74) is 2.82. The van der Waals surface area contributed by atoms with E-state index in [1.54, 1.807) is 42.1 Å². The summed E-state index contributed by atoms with van der Waals surface area (Å²) in [5.74, 6) is 0.0110. The number of hydrogen-bond donors (Lipinski definition) is 1. The molecule has 10 nitrogen and oxygen atoms in total. The van der Waals surface area contributed by atoms with Gasteiger partial charge in [0.05, 0.1) is 35.9 Å². The third-order valence-electron chi connectivity index (χ3n) is 8.04. The number of aryl methyl sites for hydroxylation is 2. The summed E-state index contributed by atoms with van der Waals surface area (Å²) in [7, 11) is 7.64. The fourth-order valence-electron chi connectivity index (χ4n) is 5.78. The normalized spacial score (nSPS) is 23.5. The summed E-state index contributed by atoms with van der Waals surface area (Å²) in [5, 5.41) is 7.50. The highest BCUT2D eigenvalue weighted by molar-refractivity contribution is 6.03. The molecule has 3 heterocycles. The number of amides is 3. The van der Waals surface area contributed by atoms with Crippen LogP contribution >= 0.6 is 0 Å². The Morgan fingerprint density at radius 3 is 2.24 bits per heavy atom. The van der Waals surface area contributed by atoms with Crippen LogP contribution in [0.1, 0.15) is 47.4 Å². The molecule has 1 aliphatic heterocycles. The monoisotopic (exact) mass is 502 g/mol. The number of benzene rings is 1. The minimum atomic E-state index is -0.284. The van der Waals surface area contributed by atoms with Crippen molar-refractivity contribution in [1.82, 2.24) is 30.0 Å². The van der Waals surface area contributed by atoms with Gasteiger partial charge in [0.15, 0.2) is 0 Å². The largest absolute Gasteiger partial charge is 0.330 e. The van der Waals surface area contributed by atoms with Crippen molar-refractivity contribution in [2.75, 3.05) is 37.5 Å². The molecule has 2 fully saturated rings. The average molecular weight is 503 g/mol. The highest BCUT2D eigenvalue weighted by Gasteiger charge is 2.50. The van der Waals surface area contributed by atoms with E-state index >= 15 is 0 Å². The summed E-state index contributed by atoms with van der Waals surface area (Å²) in [6.07, 6.45) is 6.87. The van der Waals surface area contributed by atoms with E-state index in [9.17, 15) is 9.59 Å². The Morgan fingerprint density at radius 2 is 1.68 bits per heavy atom. The maximum absolute atomic E-state index is 13.0. The third-order valence-corrected chi connectivity index (χ3v) is 8.04. The lowest BCUT2D eigenvalue weighted by Crippen LogP contribution is -2.54. The lowest BCUT2D eigenvalue weighted by molar-refractivity contribution is 0.0658. The molecule has 1 saturated carbocycles. The van der Waals surface area contributed by atoms with Crippen molar-refractivity contribution in [2.45, 2.75) is 43.7 Å². The lowest BCUT2D eigenvalue weighted by Gasteiger charge is -2.48. The fourth-order valence-corrected chi connectivity index (χ4v) is 5.78. The summed E-state index contributed by atoms with van der Waals surface area (Å²) in [4.78, 5) is 40.1. The predicted molar refractivity (Wildman–Crippen MR) is 142 cm³/mol. The number of carbonyl (C=O) groups is 2. The zero-order valence-electron chi connectivity index (χ0n) is 22.1. The third kappa shape index (κ3) is 4.35. The SMILES string of the molecule is Cc1cc(C(=O)N(C)c2ncc(N3C[C@]4(CC[C@](c5ccccc5)(N(C)C)CC4)NC3=O)cn2)n(C)n1. The predicted octanol–water partition coefficient (Wildman–Crippen LogP) is 3.09. The molecule has 1 spiro atoms. The van der Waals surface area contributed by atoms with E-state index in [1.807, 2.05) is 13.0 Å². The van der Waals surface area contributed by atoms with Crippen molar-refractivity contribution in [3.05, 3.63) is 65.7 Å². The second-order valence-electron chi connectivity index (χ2n) is 10.5.